The van der Waals surface area contributed by atoms with Crippen LogP contribution in [0.1, 0.15) is 38.5 Å². The second kappa shape index (κ2) is 5.37. The van der Waals surface area contributed by atoms with Crippen LogP contribution in [-0.2, 0) is 9.53 Å². The molecule has 4 heteroatoms. The molecule has 1 saturated carbocycles. The summed E-state index contributed by atoms with van der Waals surface area (Å²) in [6, 6.07) is 0. The van der Waals surface area contributed by atoms with Gasteiger partial charge in [0, 0.05) is 12.5 Å². The Bertz CT molecular complexity index is 245. The van der Waals surface area contributed by atoms with E-state index < -0.39 is 0 Å². The summed E-state index contributed by atoms with van der Waals surface area (Å²) in [5.41, 5.74) is -0.129. The number of alkyl halides is 1. The van der Waals surface area contributed by atoms with Gasteiger partial charge in [0.05, 0.1) is 18.1 Å². The fraction of sp³-hybridized carbons (Fsp3) is 0.917. The van der Waals surface area contributed by atoms with Crippen LogP contribution in [0.5, 0.6) is 0 Å². The molecule has 0 radical (unpaired) electrons. The van der Waals surface area contributed by atoms with E-state index in [1.165, 1.54) is 12.8 Å². The zero-order chi connectivity index (χ0) is 11.4. The Morgan fingerprint density at radius 1 is 1.38 bits per heavy atom. The highest BCUT2D eigenvalue weighted by Gasteiger charge is 2.36. The Kier molecular flexibility index (Phi) is 4.09. The van der Waals surface area contributed by atoms with Crippen LogP contribution in [0.25, 0.3) is 0 Å². The molecule has 16 heavy (non-hydrogen) atoms. The second-order valence-electron chi connectivity index (χ2n) is 5.02. The molecule has 1 atom stereocenters. The van der Waals surface area contributed by atoms with E-state index in [0.29, 0.717) is 12.5 Å². The summed E-state index contributed by atoms with van der Waals surface area (Å²) in [6.45, 7) is 1.37. The maximum Gasteiger partial charge on any atom is 0.225 e. The molecule has 92 valence electrons. The van der Waals surface area contributed by atoms with Crippen LogP contribution < -0.4 is 5.32 Å². The van der Waals surface area contributed by atoms with E-state index in [-0.39, 0.29) is 17.4 Å². The van der Waals surface area contributed by atoms with E-state index in [0.717, 1.165) is 32.3 Å². The second-order valence-corrected chi connectivity index (χ2v) is 5.29. The van der Waals surface area contributed by atoms with Gasteiger partial charge in [-0.05, 0) is 25.7 Å². The molecule has 0 bridgehead atoms. The summed E-state index contributed by atoms with van der Waals surface area (Å²) < 4.78 is 5.34. The van der Waals surface area contributed by atoms with Crippen molar-refractivity contribution < 1.29 is 9.53 Å². The number of halogens is 1. The van der Waals surface area contributed by atoms with Crippen molar-refractivity contribution in [1.29, 1.82) is 0 Å². The van der Waals surface area contributed by atoms with Gasteiger partial charge >= 0.3 is 0 Å². The molecule has 1 N–H and O–H groups in total. The van der Waals surface area contributed by atoms with E-state index in [1.54, 1.807) is 0 Å². The van der Waals surface area contributed by atoms with Gasteiger partial charge in [0.25, 0.3) is 0 Å². The first-order valence-corrected chi connectivity index (χ1v) is 6.75. The molecule has 0 spiro atoms. The number of hydrogen-bond donors (Lipinski definition) is 1. The lowest BCUT2D eigenvalue weighted by Crippen LogP contribution is -2.51. The first-order valence-electron chi connectivity index (χ1n) is 6.21. The monoisotopic (exact) mass is 245 g/mol. The average Bonchev–Trinajstić information content (AvgIpc) is 2.79. The predicted octanol–water partition coefficient (Wildman–Crippen LogP) is 2.08. The number of ether oxygens (including phenoxy) is 1. The van der Waals surface area contributed by atoms with Gasteiger partial charge in [-0.25, -0.2) is 0 Å². The summed E-state index contributed by atoms with van der Waals surface area (Å²) in [6.07, 6.45) is 6.34. The van der Waals surface area contributed by atoms with Crippen molar-refractivity contribution in [2.24, 2.45) is 5.92 Å². The lowest BCUT2D eigenvalue weighted by molar-refractivity contribution is -0.130. The minimum absolute atomic E-state index is 0.0365. The molecule has 3 nitrogen and oxygen atoms in total. The van der Waals surface area contributed by atoms with Crippen LogP contribution in [0, 0.1) is 5.92 Å². The zero-order valence-corrected chi connectivity index (χ0v) is 10.4. The third-order valence-electron chi connectivity index (χ3n) is 3.74. The average molecular weight is 246 g/mol. The molecule has 2 aliphatic rings. The first kappa shape index (κ1) is 12.2. The van der Waals surface area contributed by atoms with E-state index in [9.17, 15) is 4.79 Å². The van der Waals surface area contributed by atoms with Gasteiger partial charge in [-0.3, -0.25) is 4.79 Å². The minimum atomic E-state index is -0.129. The van der Waals surface area contributed by atoms with Crippen LogP contribution in [0.15, 0.2) is 0 Å². The highest BCUT2D eigenvalue weighted by molar-refractivity contribution is 6.18. The zero-order valence-electron chi connectivity index (χ0n) is 9.64. The van der Waals surface area contributed by atoms with Gasteiger partial charge in [0.15, 0.2) is 0 Å². The number of amides is 1. The van der Waals surface area contributed by atoms with E-state index in [4.69, 9.17) is 16.3 Å². The Morgan fingerprint density at radius 2 is 2.12 bits per heavy atom. The summed E-state index contributed by atoms with van der Waals surface area (Å²) in [5.74, 6) is 0.712. The Balaban J connectivity index is 1.89. The molecule has 0 aromatic heterocycles. The molecule has 1 unspecified atom stereocenters. The number of nitrogens with one attached hydrogen (secondary N) is 1. The van der Waals surface area contributed by atoms with Crippen molar-refractivity contribution in [3.63, 3.8) is 0 Å². The lowest BCUT2D eigenvalue weighted by atomic mass is 9.96. The third-order valence-corrected chi connectivity index (χ3v) is 4.25. The highest BCUT2D eigenvalue weighted by Crippen LogP contribution is 2.31. The van der Waals surface area contributed by atoms with Gasteiger partial charge in [-0.1, -0.05) is 12.8 Å². The van der Waals surface area contributed by atoms with Crippen LogP contribution in [0.2, 0.25) is 0 Å². The van der Waals surface area contributed by atoms with Crippen LogP contribution in [0.4, 0.5) is 0 Å². The SMILES string of the molecule is O=C(NC1(CCl)CCCC1)C1CCCOC1. The van der Waals surface area contributed by atoms with Crippen LogP contribution in [0.3, 0.4) is 0 Å². The molecular formula is C12H20ClNO2. The first-order chi connectivity index (χ1) is 7.76. The minimum Gasteiger partial charge on any atom is -0.381 e. The smallest absolute Gasteiger partial charge is 0.225 e. The van der Waals surface area contributed by atoms with Crippen molar-refractivity contribution in [2.75, 3.05) is 19.1 Å². The van der Waals surface area contributed by atoms with Gasteiger partial charge in [-0.2, -0.15) is 0 Å². The topological polar surface area (TPSA) is 38.3 Å². The van der Waals surface area contributed by atoms with Gasteiger partial charge in [0.2, 0.25) is 5.91 Å². The number of carbonyl (C=O) groups is 1. The molecule has 1 aliphatic carbocycles. The normalized spacial score (nSPS) is 28.9. The summed E-state index contributed by atoms with van der Waals surface area (Å²) in [4.78, 5) is 12.1. The fourth-order valence-corrected chi connectivity index (χ4v) is 2.99. The molecule has 1 amide bonds. The summed E-state index contributed by atoms with van der Waals surface area (Å²) >= 11 is 6.00. The Morgan fingerprint density at radius 3 is 2.69 bits per heavy atom. The van der Waals surface area contributed by atoms with Crippen molar-refractivity contribution in [1.82, 2.24) is 5.32 Å². The number of rotatable bonds is 3. The van der Waals surface area contributed by atoms with Crippen LogP contribution in [-0.4, -0.2) is 30.5 Å². The summed E-state index contributed by atoms with van der Waals surface area (Å²) in [7, 11) is 0. The Labute approximate surface area is 102 Å². The van der Waals surface area contributed by atoms with Crippen molar-refractivity contribution in [3.8, 4) is 0 Å². The molecule has 0 aromatic carbocycles. The molecule has 1 heterocycles. The van der Waals surface area contributed by atoms with Crippen molar-refractivity contribution in [2.45, 2.75) is 44.1 Å². The van der Waals surface area contributed by atoms with Crippen LogP contribution >= 0.6 is 11.6 Å². The molecule has 2 rings (SSSR count). The molecule has 1 saturated heterocycles. The van der Waals surface area contributed by atoms with E-state index in [2.05, 4.69) is 5.32 Å². The quantitative estimate of drug-likeness (QED) is 0.774. The van der Waals surface area contributed by atoms with Gasteiger partial charge < -0.3 is 10.1 Å². The van der Waals surface area contributed by atoms with Crippen molar-refractivity contribution >= 4 is 17.5 Å². The number of carbonyl (C=O) groups excluding carboxylic acids is 1. The Hall–Kier alpha value is -0.280. The molecule has 0 aromatic rings. The summed E-state index contributed by atoms with van der Waals surface area (Å²) in [5, 5.41) is 3.16. The maximum absolute atomic E-state index is 12.1. The lowest BCUT2D eigenvalue weighted by Gasteiger charge is -2.31. The highest BCUT2D eigenvalue weighted by atomic mass is 35.5. The standard InChI is InChI=1S/C12H20ClNO2/c13-9-12(5-1-2-6-12)14-11(15)10-4-3-7-16-8-10/h10H,1-9H2,(H,14,15). The van der Waals surface area contributed by atoms with E-state index >= 15 is 0 Å². The third kappa shape index (κ3) is 2.69. The van der Waals surface area contributed by atoms with Gasteiger partial charge in [-0.15, -0.1) is 11.6 Å². The molecule has 1 aliphatic heterocycles. The van der Waals surface area contributed by atoms with Crippen molar-refractivity contribution in [3.05, 3.63) is 0 Å². The maximum atomic E-state index is 12.1. The largest absolute Gasteiger partial charge is 0.381 e. The van der Waals surface area contributed by atoms with Gasteiger partial charge in [0.1, 0.15) is 0 Å². The number of hydrogen-bond acceptors (Lipinski definition) is 2. The predicted molar refractivity (Wildman–Crippen MR) is 63.6 cm³/mol. The fourth-order valence-electron chi connectivity index (χ4n) is 2.65. The molecular weight excluding hydrogens is 226 g/mol. The molecule has 2 fully saturated rings. The van der Waals surface area contributed by atoms with E-state index in [1.807, 2.05) is 0 Å².